The second-order valence-corrected chi connectivity index (χ2v) is 7.80. The largest absolute Gasteiger partial charge is 0.489 e. The van der Waals surface area contributed by atoms with E-state index in [-0.39, 0.29) is 11.6 Å². The summed E-state index contributed by atoms with van der Waals surface area (Å²) in [5.41, 5.74) is 0.321. The number of halogens is 3. The third-order valence-electron chi connectivity index (χ3n) is 4.83. The van der Waals surface area contributed by atoms with Gasteiger partial charge in [0.05, 0.1) is 0 Å². The van der Waals surface area contributed by atoms with E-state index in [1.54, 1.807) is 36.4 Å². The van der Waals surface area contributed by atoms with Gasteiger partial charge < -0.3 is 14.8 Å². The van der Waals surface area contributed by atoms with Crippen LogP contribution in [0.5, 0.6) is 0 Å². The molecule has 0 radical (unpaired) electrons. The standard InChI is InChI=1S/C10H8BFO2.C10H6BrF.C4H8O/c12-10-6-5-9(11(13)14)7-3-1-2-4-8(7)10;11-9-5-6-10(12)8-4-2-1-3-7(8)9;1-2-4-5-3-1/h1-6,13-14H;1-6H;1-4H2. The lowest BCUT2D eigenvalue weighted by atomic mass is 9.77. The molecule has 0 unspecified atom stereocenters. The molecule has 1 aliphatic rings. The van der Waals surface area contributed by atoms with Crippen molar-refractivity contribution in [1.29, 1.82) is 0 Å². The predicted octanol–water partition coefficient (Wildman–Crippen LogP) is 5.20. The first-order valence-corrected chi connectivity index (χ1v) is 10.7. The van der Waals surface area contributed by atoms with Crippen LogP contribution in [-0.2, 0) is 4.74 Å². The van der Waals surface area contributed by atoms with Gasteiger partial charge in [0.15, 0.2) is 0 Å². The zero-order valence-corrected chi connectivity index (χ0v) is 18.4. The molecular formula is C24H22BBrF2O3. The summed E-state index contributed by atoms with van der Waals surface area (Å²) in [7, 11) is -1.57. The number of rotatable bonds is 1. The van der Waals surface area contributed by atoms with E-state index >= 15 is 0 Å². The Hall–Kier alpha value is -2.32. The van der Waals surface area contributed by atoms with E-state index in [4.69, 9.17) is 14.8 Å². The van der Waals surface area contributed by atoms with Gasteiger partial charge in [0, 0.05) is 28.5 Å². The molecule has 0 aliphatic carbocycles. The summed E-state index contributed by atoms with van der Waals surface area (Å²) in [5.74, 6) is -0.529. The van der Waals surface area contributed by atoms with E-state index in [2.05, 4.69) is 15.9 Å². The first-order valence-electron chi connectivity index (χ1n) is 9.93. The fourth-order valence-corrected chi connectivity index (χ4v) is 3.72. The first kappa shape index (κ1) is 23.4. The average Bonchev–Trinajstić information content (AvgIpc) is 3.38. The lowest BCUT2D eigenvalue weighted by Crippen LogP contribution is -2.30. The molecule has 0 spiro atoms. The van der Waals surface area contributed by atoms with Gasteiger partial charge in [-0.1, -0.05) is 70.5 Å². The molecule has 0 bridgehead atoms. The highest BCUT2D eigenvalue weighted by Gasteiger charge is 2.15. The molecule has 1 fully saturated rings. The van der Waals surface area contributed by atoms with Gasteiger partial charge in [-0.25, -0.2) is 8.78 Å². The quantitative estimate of drug-likeness (QED) is 0.364. The van der Waals surface area contributed by atoms with Gasteiger partial charge >= 0.3 is 7.12 Å². The zero-order valence-electron chi connectivity index (χ0n) is 16.8. The lowest BCUT2D eigenvalue weighted by Gasteiger charge is -2.05. The highest BCUT2D eigenvalue weighted by molar-refractivity contribution is 9.10. The minimum Gasteiger partial charge on any atom is -0.423 e. The molecule has 4 aromatic carbocycles. The van der Waals surface area contributed by atoms with E-state index in [9.17, 15) is 8.78 Å². The van der Waals surface area contributed by atoms with Gasteiger partial charge in [-0.05, 0) is 47.3 Å². The number of benzene rings is 4. The van der Waals surface area contributed by atoms with Crippen LogP contribution >= 0.6 is 15.9 Å². The fraction of sp³-hybridized carbons (Fsp3) is 0.167. The van der Waals surface area contributed by atoms with Crippen molar-refractivity contribution in [3.05, 3.63) is 88.9 Å². The van der Waals surface area contributed by atoms with Crippen molar-refractivity contribution in [3.8, 4) is 0 Å². The Balaban J connectivity index is 0.000000145. The molecule has 1 saturated heterocycles. The van der Waals surface area contributed by atoms with Crippen molar-refractivity contribution in [2.24, 2.45) is 0 Å². The van der Waals surface area contributed by atoms with Crippen LogP contribution in [-0.4, -0.2) is 30.4 Å². The molecule has 0 amide bonds. The number of fused-ring (bicyclic) bond motifs is 2. The topological polar surface area (TPSA) is 49.7 Å². The Kier molecular flexibility index (Phi) is 8.55. The fourth-order valence-electron chi connectivity index (χ4n) is 3.25. The molecule has 160 valence electrons. The third kappa shape index (κ3) is 6.11. The molecule has 0 atom stereocenters. The van der Waals surface area contributed by atoms with Crippen LogP contribution in [0.3, 0.4) is 0 Å². The molecule has 2 N–H and O–H groups in total. The molecule has 1 heterocycles. The maximum absolute atomic E-state index is 13.3. The Bertz CT molecular complexity index is 1100. The van der Waals surface area contributed by atoms with Crippen molar-refractivity contribution in [2.75, 3.05) is 13.2 Å². The Morgan fingerprint density at radius 1 is 0.677 bits per heavy atom. The second kappa shape index (κ2) is 11.3. The number of hydrogen-bond donors (Lipinski definition) is 2. The van der Waals surface area contributed by atoms with Gasteiger partial charge in [0.2, 0.25) is 0 Å². The SMILES string of the molecule is C1CCOC1.Fc1ccc(Br)c2ccccc12.OB(O)c1ccc(F)c2ccccc12. The van der Waals surface area contributed by atoms with E-state index < -0.39 is 7.12 Å². The van der Waals surface area contributed by atoms with Crippen molar-refractivity contribution in [3.63, 3.8) is 0 Å². The van der Waals surface area contributed by atoms with Crippen molar-refractivity contribution >= 4 is 50.1 Å². The van der Waals surface area contributed by atoms with Crippen LogP contribution in [0.4, 0.5) is 8.78 Å². The summed E-state index contributed by atoms with van der Waals surface area (Å²) in [4.78, 5) is 0. The van der Waals surface area contributed by atoms with Crippen LogP contribution in [0.1, 0.15) is 12.8 Å². The minimum absolute atomic E-state index is 0.172. The molecule has 0 aromatic heterocycles. The summed E-state index contributed by atoms with van der Waals surface area (Å²) in [6.07, 6.45) is 2.56. The second-order valence-electron chi connectivity index (χ2n) is 6.95. The highest BCUT2D eigenvalue weighted by atomic mass is 79.9. The Labute approximate surface area is 188 Å². The molecule has 0 saturated carbocycles. The van der Waals surface area contributed by atoms with Crippen molar-refractivity contribution < 1.29 is 23.6 Å². The average molecular weight is 487 g/mol. The molecular weight excluding hydrogens is 465 g/mol. The summed E-state index contributed by atoms with van der Waals surface area (Å²) < 4.78 is 32.3. The van der Waals surface area contributed by atoms with Crippen LogP contribution in [0.25, 0.3) is 21.5 Å². The minimum atomic E-state index is -1.57. The van der Waals surface area contributed by atoms with E-state index in [0.29, 0.717) is 21.6 Å². The van der Waals surface area contributed by atoms with Crippen LogP contribution in [0.15, 0.2) is 77.3 Å². The molecule has 31 heavy (non-hydrogen) atoms. The maximum Gasteiger partial charge on any atom is 0.489 e. The molecule has 1 aliphatic heterocycles. The van der Waals surface area contributed by atoms with Crippen LogP contribution in [0.2, 0.25) is 0 Å². The third-order valence-corrected chi connectivity index (χ3v) is 5.52. The zero-order chi connectivity index (χ0) is 22.2. The smallest absolute Gasteiger partial charge is 0.423 e. The number of ether oxygens (including phenoxy) is 1. The van der Waals surface area contributed by atoms with Crippen molar-refractivity contribution in [1.82, 2.24) is 0 Å². The molecule has 5 rings (SSSR count). The number of hydrogen-bond acceptors (Lipinski definition) is 3. The maximum atomic E-state index is 13.3. The monoisotopic (exact) mass is 486 g/mol. The van der Waals surface area contributed by atoms with Gasteiger partial charge in [0.25, 0.3) is 0 Å². The van der Waals surface area contributed by atoms with Crippen molar-refractivity contribution in [2.45, 2.75) is 12.8 Å². The van der Waals surface area contributed by atoms with Gasteiger partial charge in [-0.15, -0.1) is 0 Å². The van der Waals surface area contributed by atoms with E-state index in [1.807, 2.05) is 18.2 Å². The summed E-state index contributed by atoms with van der Waals surface area (Å²) in [6.45, 7) is 2.00. The lowest BCUT2D eigenvalue weighted by molar-refractivity contribution is 0.198. The highest BCUT2D eigenvalue weighted by Crippen LogP contribution is 2.25. The summed E-state index contributed by atoms with van der Waals surface area (Å²) in [5, 5.41) is 20.6. The van der Waals surface area contributed by atoms with Crippen LogP contribution < -0.4 is 5.46 Å². The van der Waals surface area contributed by atoms with Gasteiger partial charge in [0.1, 0.15) is 11.6 Å². The van der Waals surface area contributed by atoms with Gasteiger partial charge in [-0.2, -0.15) is 0 Å². The Morgan fingerprint density at radius 2 is 1.16 bits per heavy atom. The summed E-state index contributed by atoms with van der Waals surface area (Å²) >= 11 is 3.36. The molecule has 7 heteroatoms. The first-order chi connectivity index (χ1) is 15.0. The Morgan fingerprint density at radius 3 is 1.65 bits per heavy atom. The molecule has 3 nitrogen and oxygen atoms in total. The van der Waals surface area contributed by atoms with E-state index in [0.717, 1.165) is 23.1 Å². The van der Waals surface area contributed by atoms with Crippen LogP contribution in [0, 0.1) is 11.6 Å². The normalized spacial score (nSPS) is 12.7. The predicted molar refractivity (Wildman–Crippen MR) is 125 cm³/mol. The molecule has 4 aromatic rings. The van der Waals surface area contributed by atoms with E-state index in [1.165, 1.54) is 31.0 Å². The van der Waals surface area contributed by atoms with Gasteiger partial charge in [-0.3, -0.25) is 0 Å². The summed E-state index contributed by atoms with van der Waals surface area (Å²) in [6, 6.07) is 19.9.